The number of H-pyrrole nitrogens is 1. The summed E-state index contributed by atoms with van der Waals surface area (Å²) in [5, 5.41) is 9.90. The molecule has 0 bridgehead atoms. The van der Waals surface area contributed by atoms with Gasteiger partial charge in [-0.1, -0.05) is 20.3 Å². The summed E-state index contributed by atoms with van der Waals surface area (Å²) in [6, 6.07) is 1.83. The number of aromatic amines is 1. The molecular weight excluding hydrogens is 228 g/mol. The Kier molecular flexibility index (Phi) is 3.43. The maximum atomic E-state index is 12.3. The Bertz CT molecular complexity index is 440. The molecule has 0 aromatic carbocycles. The maximum Gasteiger partial charge on any atom is 0.233 e. The van der Waals surface area contributed by atoms with Crippen molar-refractivity contribution in [2.75, 3.05) is 5.32 Å². The molecular formula is C13H22N4O. The highest BCUT2D eigenvalue weighted by Gasteiger charge is 2.43. The van der Waals surface area contributed by atoms with Crippen molar-refractivity contribution in [1.82, 2.24) is 10.2 Å². The Morgan fingerprint density at radius 1 is 1.67 bits per heavy atom. The topological polar surface area (TPSA) is 83.8 Å². The van der Waals surface area contributed by atoms with Crippen LogP contribution in [0.5, 0.6) is 0 Å². The number of aromatic nitrogens is 2. The van der Waals surface area contributed by atoms with E-state index in [0.717, 1.165) is 25.0 Å². The molecule has 1 aromatic heterocycles. The zero-order chi connectivity index (χ0) is 13.3. The van der Waals surface area contributed by atoms with Crippen molar-refractivity contribution in [1.29, 1.82) is 0 Å². The van der Waals surface area contributed by atoms with Gasteiger partial charge in [0.05, 0.1) is 5.41 Å². The summed E-state index contributed by atoms with van der Waals surface area (Å²) >= 11 is 0. The lowest BCUT2D eigenvalue weighted by Gasteiger charge is -2.26. The normalized spacial score (nSPS) is 27.7. The van der Waals surface area contributed by atoms with Crippen LogP contribution < -0.4 is 11.1 Å². The molecule has 2 rings (SSSR count). The molecule has 1 aromatic rings. The summed E-state index contributed by atoms with van der Waals surface area (Å²) in [6.07, 6.45) is 2.78. The van der Waals surface area contributed by atoms with Crippen LogP contribution in [0.2, 0.25) is 0 Å². The lowest BCUT2D eigenvalue weighted by Crippen LogP contribution is -2.44. The molecule has 0 saturated heterocycles. The van der Waals surface area contributed by atoms with Crippen LogP contribution in [0.4, 0.5) is 5.82 Å². The molecule has 4 N–H and O–H groups in total. The highest BCUT2D eigenvalue weighted by molar-refractivity contribution is 5.95. The molecule has 5 nitrogen and oxygen atoms in total. The van der Waals surface area contributed by atoms with Crippen molar-refractivity contribution in [3.63, 3.8) is 0 Å². The van der Waals surface area contributed by atoms with E-state index in [0.29, 0.717) is 11.7 Å². The Morgan fingerprint density at radius 3 is 2.89 bits per heavy atom. The predicted octanol–water partition coefficient (Wildman–Crippen LogP) is 1.99. The van der Waals surface area contributed by atoms with Gasteiger partial charge in [-0.15, -0.1) is 0 Å². The molecule has 1 aliphatic rings. The fraction of sp³-hybridized carbons (Fsp3) is 0.692. The molecule has 0 aliphatic heterocycles. The van der Waals surface area contributed by atoms with E-state index in [-0.39, 0.29) is 11.9 Å². The van der Waals surface area contributed by atoms with Gasteiger partial charge in [0.2, 0.25) is 5.91 Å². The van der Waals surface area contributed by atoms with E-state index >= 15 is 0 Å². The Balaban J connectivity index is 2.06. The zero-order valence-electron chi connectivity index (χ0n) is 11.3. The van der Waals surface area contributed by atoms with E-state index in [4.69, 9.17) is 5.73 Å². The average Bonchev–Trinajstić information content (AvgIpc) is 2.88. The number of hydrogen-bond donors (Lipinski definition) is 3. The third-order valence-electron chi connectivity index (χ3n) is 4.01. The standard InChI is InChI=1S/C13H22N4O/c1-8(2)9-7-11(17-16-9)15-12(18)13(3)6-4-5-10(13)14/h7-8,10H,4-6,14H2,1-3H3,(H2,15,16,17,18). The summed E-state index contributed by atoms with van der Waals surface area (Å²) in [6.45, 7) is 6.09. The third kappa shape index (κ3) is 2.27. The summed E-state index contributed by atoms with van der Waals surface area (Å²) in [7, 11) is 0. The highest BCUT2D eigenvalue weighted by atomic mass is 16.2. The number of carbonyl (C=O) groups excluding carboxylic acids is 1. The number of carbonyl (C=O) groups is 1. The van der Waals surface area contributed by atoms with Crippen LogP contribution in [0.1, 0.15) is 51.6 Å². The van der Waals surface area contributed by atoms with Gasteiger partial charge < -0.3 is 11.1 Å². The van der Waals surface area contributed by atoms with Crippen LogP contribution >= 0.6 is 0 Å². The van der Waals surface area contributed by atoms with E-state index in [1.54, 1.807) is 0 Å². The van der Waals surface area contributed by atoms with Crippen molar-refractivity contribution in [2.45, 2.75) is 52.0 Å². The summed E-state index contributed by atoms with van der Waals surface area (Å²) < 4.78 is 0. The molecule has 1 saturated carbocycles. The van der Waals surface area contributed by atoms with Gasteiger partial charge in [0, 0.05) is 17.8 Å². The van der Waals surface area contributed by atoms with E-state index < -0.39 is 5.41 Å². The van der Waals surface area contributed by atoms with Crippen LogP contribution in [0.25, 0.3) is 0 Å². The first kappa shape index (κ1) is 13.1. The Morgan fingerprint density at radius 2 is 2.39 bits per heavy atom. The van der Waals surface area contributed by atoms with E-state index in [2.05, 4.69) is 29.4 Å². The smallest absolute Gasteiger partial charge is 0.233 e. The minimum Gasteiger partial charge on any atom is -0.327 e. The van der Waals surface area contributed by atoms with Gasteiger partial charge in [0.25, 0.3) is 0 Å². The average molecular weight is 250 g/mol. The highest BCUT2D eigenvalue weighted by Crippen LogP contribution is 2.37. The molecule has 100 valence electrons. The number of rotatable bonds is 3. The molecule has 2 atom stereocenters. The lowest BCUT2D eigenvalue weighted by molar-refractivity contribution is -0.125. The molecule has 2 unspecified atom stereocenters. The Labute approximate surface area is 108 Å². The van der Waals surface area contributed by atoms with Crippen molar-refractivity contribution in [3.05, 3.63) is 11.8 Å². The second-order valence-corrected chi connectivity index (χ2v) is 5.73. The number of amides is 1. The molecule has 1 heterocycles. The van der Waals surface area contributed by atoms with Crippen molar-refractivity contribution < 1.29 is 4.79 Å². The van der Waals surface area contributed by atoms with Crippen molar-refractivity contribution in [3.8, 4) is 0 Å². The largest absolute Gasteiger partial charge is 0.327 e. The SMILES string of the molecule is CC(C)c1cc(NC(=O)C2(C)CCCC2N)n[nH]1. The molecule has 0 radical (unpaired) electrons. The second kappa shape index (κ2) is 4.72. The molecule has 18 heavy (non-hydrogen) atoms. The molecule has 1 amide bonds. The van der Waals surface area contributed by atoms with Gasteiger partial charge in [-0.3, -0.25) is 9.89 Å². The first-order chi connectivity index (χ1) is 8.43. The lowest BCUT2D eigenvalue weighted by atomic mass is 9.84. The van der Waals surface area contributed by atoms with E-state index in [1.807, 2.05) is 13.0 Å². The first-order valence-corrected chi connectivity index (χ1v) is 6.56. The number of nitrogens with two attached hydrogens (primary N) is 1. The number of nitrogens with one attached hydrogen (secondary N) is 2. The minimum atomic E-state index is -0.461. The van der Waals surface area contributed by atoms with Gasteiger partial charge in [0.15, 0.2) is 5.82 Å². The van der Waals surface area contributed by atoms with Crippen LogP contribution in [-0.2, 0) is 4.79 Å². The van der Waals surface area contributed by atoms with Crippen LogP contribution in [0, 0.1) is 5.41 Å². The van der Waals surface area contributed by atoms with Crippen LogP contribution in [0.3, 0.4) is 0 Å². The fourth-order valence-electron chi connectivity index (χ4n) is 2.43. The van der Waals surface area contributed by atoms with Crippen LogP contribution in [-0.4, -0.2) is 22.1 Å². The van der Waals surface area contributed by atoms with Gasteiger partial charge in [-0.05, 0) is 25.7 Å². The van der Waals surface area contributed by atoms with Gasteiger partial charge in [0.1, 0.15) is 0 Å². The zero-order valence-corrected chi connectivity index (χ0v) is 11.3. The molecule has 5 heteroatoms. The van der Waals surface area contributed by atoms with Crippen molar-refractivity contribution >= 4 is 11.7 Å². The quantitative estimate of drug-likeness (QED) is 0.767. The maximum absolute atomic E-state index is 12.3. The summed E-state index contributed by atoms with van der Waals surface area (Å²) in [5.74, 6) is 0.936. The van der Waals surface area contributed by atoms with Gasteiger partial charge in [-0.2, -0.15) is 5.10 Å². The van der Waals surface area contributed by atoms with Crippen LogP contribution in [0.15, 0.2) is 6.07 Å². The van der Waals surface area contributed by atoms with E-state index in [1.165, 1.54) is 0 Å². The number of anilines is 1. The Hall–Kier alpha value is -1.36. The predicted molar refractivity (Wildman–Crippen MR) is 71.2 cm³/mol. The minimum absolute atomic E-state index is 0.0192. The number of hydrogen-bond acceptors (Lipinski definition) is 3. The molecule has 0 spiro atoms. The second-order valence-electron chi connectivity index (χ2n) is 5.73. The van der Waals surface area contributed by atoms with Crippen molar-refractivity contribution in [2.24, 2.45) is 11.1 Å². The monoisotopic (exact) mass is 250 g/mol. The van der Waals surface area contributed by atoms with Gasteiger partial charge >= 0.3 is 0 Å². The first-order valence-electron chi connectivity index (χ1n) is 6.56. The van der Waals surface area contributed by atoms with Gasteiger partial charge in [-0.25, -0.2) is 0 Å². The molecule has 1 fully saturated rings. The molecule has 1 aliphatic carbocycles. The number of nitrogens with zero attached hydrogens (tertiary/aromatic N) is 1. The van der Waals surface area contributed by atoms with E-state index in [9.17, 15) is 4.79 Å². The fourth-order valence-corrected chi connectivity index (χ4v) is 2.43. The summed E-state index contributed by atoms with van der Waals surface area (Å²) in [5.41, 5.74) is 6.59. The summed E-state index contributed by atoms with van der Waals surface area (Å²) in [4.78, 5) is 12.3. The third-order valence-corrected chi connectivity index (χ3v) is 4.01.